The van der Waals surface area contributed by atoms with Crippen LogP contribution >= 0.6 is 0 Å². The molecular formula is C15H28O4. The Morgan fingerprint density at radius 2 is 1.74 bits per heavy atom. The maximum absolute atomic E-state index is 11.3. The van der Waals surface area contributed by atoms with Crippen molar-refractivity contribution in [2.45, 2.75) is 71.6 Å². The van der Waals surface area contributed by atoms with Gasteiger partial charge < -0.3 is 9.84 Å². The normalized spacial score (nSPS) is 12.1. The molecule has 0 aromatic rings. The third-order valence-corrected chi connectivity index (χ3v) is 3.18. The van der Waals surface area contributed by atoms with E-state index in [-0.39, 0.29) is 11.9 Å². The van der Waals surface area contributed by atoms with Gasteiger partial charge in [-0.1, -0.05) is 39.5 Å². The molecule has 0 amide bonds. The molecule has 0 rings (SSSR count). The molecule has 1 N–H and O–H groups in total. The van der Waals surface area contributed by atoms with Gasteiger partial charge in [0.05, 0.1) is 12.5 Å². The highest BCUT2D eigenvalue weighted by Crippen LogP contribution is 2.16. The van der Waals surface area contributed by atoms with Crippen molar-refractivity contribution in [2.24, 2.45) is 5.92 Å². The van der Waals surface area contributed by atoms with Gasteiger partial charge in [0.2, 0.25) is 0 Å². The number of rotatable bonds is 12. The van der Waals surface area contributed by atoms with Crippen molar-refractivity contribution in [1.29, 1.82) is 0 Å². The molecule has 0 spiro atoms. The Labute approximate surface area is 116 Å². The van der Waals surface area contributed by atoms with Crippen molar-refractivity contribution in [2.75, 3.05) is 6.61 Å². The summed E-state index contributed by atoms with van der Waals surface area (Å²) in [5.74, 6) is -1.04. The summed E-state index contributed by atoms with van der Waals surface area (Å²) in [4.78, 5) is 22.2. The molecule has 112 valence electrons. The number of aliphatic carboxylic acids is 1. The molecule has 1 unspecified atom stereocenters. The molecule has 0 aromatic heterocycles. The van der Waals surface area contributed by atoms with Gasteiger partial charge in [0.1, 0.15) is 0 Å². The standard InChI is InChI=1S/C15H28O4/c1-3-5-12-19-14(16)11-8-6-7-10-13(9-4-2)15(17)18/h13H,3-12H2,1-2H3,(H,17,18). The van der Waals surface area contributed by atoms with E-state index in [0.29, 0.717) is 19.4 Å². The summed E-state index contributed by atoms with van der Waals surface area (Å²) in [6, 6.07) is 0. The molecule has 0 saturated heterocycles. The first-order valence-electron chi connectivity index (χ1n) is 7.50. The Morgan fingerprint density at radius 3 is 2.32 bits per heavy atom. The minimum Gasteiger partial charge on any atom is -0.481 e. The van der Waals surface area contributed by atoms with Crippen LogP contribution in [0, 0.1) is 5.92 Å². The van der Waals surface area contributed by atoms with E-state index in [1.165, 1.54) is 0 Å². The van der Waals surface area contributed by atoms with Crippen molar-refractivity contribution < 1.29 is 19.4 Å². The molecule has 4 heteroatoms. The van der Waals surface area contributed by atoms with Gasteiger partial charge in [-0.25, -0.2) is 0 Å². The Kier molecular flexibility index (Phi) is 11.3. The van der Waals surface area contributed by atoms with Crippen molar-refractivity contribution in [3.05, 3.63) is 0 Å². The number of hydrogen-bond donors (Lipinski definition) is 1. The monoisotopic (exact) mass is 272 g/mol. The Balaban J connectivity index is 3.52. The summed E-state index contributed by atoms with van der Waals surface area (Å²) >= 11 is 0. The summed E-state index contributed by atoms with van der Waals surface area (Å²) < 4.78 is 5.05. The lowest BCUT2D eigenvalue weighted by Crippen LogP contribution is -2.13. The Hall–Kier alpha value is -1.06. The molecule has 0 heterocycles. The van der Waals surface area contributed by atoms with E-state index in [9.17, 15) is 9.59 Å². The first kappa shape index (κ1) is 17.9. The van der Waals surface area contributed by atoms with Gasteiger partial charge in [0.15, 0.2) is 0 Å². The van der Waals surface area contributed by atoms with Gasteiger partial charge in [-0.2, -0.15) is 0 Å². The highest BCUT2D eigenvalue weighted by Gasteiger charge is 2.15. The summed E-state index contributed by atoms with van der Waals surface area (Å²) in [6.45, 7) is 4.58. The lowest BCUT2D eigenvalue weighted by Gasteiger charge is -2.10. The van der Waals surface area contributed by atoms with Crippen LogP contribution in [0.25, 0.3) is 0 Å². The average molecular weight is 272 g/mol. The third kappa shape index (κ3) is 10.5. The van der Waals surface area contributed by atoms with Crippen LogP contribution in [0.1, 0.15) is 71.6 Å². The maximum Gasteiger partial charge on any atom is 0.306 e. The van der Waals surface area contributed by atoms with Gasteiger partial charge in [-0.15, -0.1) is 0 Å². The number of carbonyl (C=O) groups excluding carboxylic acids is 1. The van der Waals surface area contributed by atoms with E-state index in [4.69, 9.17) is 9.84 Å². The number of unbranched alkanes of at least 4 members (excludes halogenated alkanes) is 3. The maximum atomic E-state index is 11.3. The van der Waals surface area contributed by atoms with Crippen LogP contribution in [0.3, 0.4) is 0 Å². The number of hydrogen-bond acceptors (Lipinski definition) is 3. The summed E-state index contributed by atoms with van der Waals surface area (Å²) in [5, 5.41) is 9.00. The molecule has 0 radical (unpaired) electrons. The van der Waals surface area contributed by atoms with Crippen LogP contribution in [-0.4, -0.2) is 23.7 Å². The van der Waals surface area contributed by atoms with Gasteiger partial charge in [0.25, 0.3) is 0 Å². The van der Waals surface area contributed by atoms with E-state index < -0.39 is 5.97 Å². The van der Waals surface area contributed by atoms with Crippen LogP contribution in [0.4, 0.5) is 0 Å². The largest absolute Gasteiger partial charge is 0.481 e. The van der Waals surface area contributed by atoms with Gasteiger partial charge in [-0.3, -0.25) is 9.59 Å². The average Bonchev–Trinajstić information content (AvgIpc) is 2.37. The molecule has 0 saturated carbocycles. The molecule has 19 heavy (non-hydrogen) atoms. The summed E-state index contributed by atoms with van der Waals surface area (Å²) in [5.41, 5.74) is 0. The van der Waals surface area contributed by atoms with E-state index in [0.717, 1.165) is 44.9 Å². The lowest BCUT2D eigenvalue weighted by molar-refractivity contribution is -0.144. The topological polar surface area (TPSA) is 63.6 Å². The van der Waals surface area contributed by atoms with E-state index in [1.807, 2.05) is 6.92 Å². The molecule has 4 nitrogen and oxygen atoms in total. The first-order valence-corrected chi connectivity index (χ1v) is 7.50. The van der Waals surface area contributed by atoms with Crippen LogP contribution < -0.4 is 0 Å². The molecule has 0 aliphatic heterocycles. The zero-order chi connectivity index (χ0) is 14.5. The Morgan fingerprint density at radius 1 is 1.00 bits per heavy atom. The molecule has 1 atom stereocenters. The van der Waals surface area contributed by atoms with Crippen LogP contribution in [-0.2, 0) is 14.3 Å². The Bertz CT molecular complexity index is 251. The minimum atomic E-state index is -0.694. The van der Waals surface area contributed by atoms with E-state index >= 15 is 0 Å². The predicted octanol–water partition coefficient (Wildman–Crippen LogP) is 3.78. The van der Waals surface area contributed by atoms with Crippen molar-refractivity contribution in [3.63, 3.8) is 0 Å². The molecule has 0 aliphatic carbocycles. The summed E-state index contributed by atoms with van der Waals surface area (Å²) in [7, 11) is 0. The van der Waals surface area contributed by atoms with Crippen LogP contribution in [0.5, 0.6) is 0 Å². The second-order valence-electron chi connectivity index (χ2n) is 5.00. The second-order valence-corrected chi connectivity index (χ2v) is 5.00. The van der Waals surface area contributed by atoms with E-state index in [2.05, 4.69) is 6.92 Å². The molecule has 0 fully saturated rings. The number of carbonyl (C=O) groups is 2. The number of carboxylic acid groups (broad SMARTS) is 1. The summed E-state index contributed by atoms with van der Waals surface area (Å²) in [6.07, 6.45) is 7.34. The molecule has 0 aliphatic rings. The zero-order valence-corrected chi connectivity index (χ0v) is 12.3. The number of ether oxygens (including phenoxy) is 1. The third-order valence-electron chi connectivity index (χ3n) is 3.18. The fourth-order valence-electron chi connectivity index (χ4n) is 1.98. The highest BCUT2D eigenvalue weighted by atomic mass is 16.5. The van der Waals surface area contributed by atoms with E-state index in [1.54, 1.807) is 0 Å². The minimum absolute atomic E-state index is 0.128. The van der Waals surface area contributed by atoms with Gasteiger partial charge >= 0.3 is 11.9 Å². The fourth-order valence-corrected chi connectivity index (χ4v) is 1.98. The van der Waals surface area contributed by atoms with Crippen molar-refractivity contribution in [3.8, 4) is 0 Å². The predicted molar refractivity (Wildman–Crippen MR) is 75.0 cm³/mol. The smallest absolute Gasteiger partial charge is 0.306 e. The zero-order valence-electron chi connectivity index (χ0n) is 12.3. The van der Waals surface area contributed by atoms with Gasteiger partial charge in [-0.05, 0) is 25.7 Å². The molecule has 0 aromatic carbocycles. The number of carboxylic acids is 1. The highest BCUT2D eigenvalue weighted by molar-refractivity contribution is 5.70. The second kappa shape index (κ2) is 12.0. The number of esters is 1. The SMILES string of the molecule is CCCCOC(=O)CCCCCC(CCC)C(=O)O. The van der Waals surface area contributed by atoms with Crippen LogP contribution in [0.2, 0.25) is 0 Å². The van der Waals surface area contributed by atoms with Crippen LogP contribution in [0.15, 0.2) is 0 Å². The first-order chi connectivity index (χ1) is 9.11. The van der Waals surface area contributed by atoms with Gasteiger partial charge in [0, 0.05) is 6.42 Å². The van der Waals surface area contributed by atoms with Crippen molar-refractivity contribution in [1.82, 2.24) is 0 Å². The lowest BCUT2D eigenvalue weighted by atomic mass is 9.96. The quantitative estimate of drug-likeness (QED) is 0.434. The fraction of sp³-hybridized carbons (Fsp3) is 0.867. The molecular weight excluding hydrogens is 244 g/mol. The van der Waals surface area contributed by atoms with Crippen molar-refractivity contribution >= 4 is 11.9 Å². The molecule has 0 bridgehead atoms.